The van der Waals surface area contributed by atoms with E-state index in [9.17, 15) is 18.4 Å². The van der Waals surface area contributed by atoms with Crippen molar-refractivity contribution in [1.29, 1.82) is 0 Å². The van der Waals surface area contributed by atoms with E-state index in [2.05, 4.69) is 9.72 Å². The minimum absolute atomic E-state index is 0.100. The van der Waals surface area contributed by atoms with Gasteiger partial charge in [-0.05, 0) is 12.5 Å². The third-order valence-corrected chi connectivity index (χ3v) is 3.86. The molecule has 6 nitrogen and oxygen atoms in total. The Kier molecular flexibility index (Phi) is 3.48. The van der Waals surface area contributed by atoms with Gasteiger partial charge in [0.25, 0.3) is 11.5 Å². The minimum atomic E-state index is -2.84. The van der Waals surface area contributed by atoms with Crippen molar-refractivity contribution in [3.05, 3.63) is 33.9 Å². The van der Waals surface area contributed by atoms with Gasteiger partial charge in [-0.3, -0.25) is 9.59 Å². The first-order valence-corrected chi connectivity index (χ1v) is 6.78. The normalized spacial score (nSPS) is 15.6. The van der Waals surface area contributed by atoms with E-state index in [0.717, 1.165) is 5.56 Å². The van der Waals surface area contributed by atoms with Crippen molar-refractivity contribution < 1.29 is 18.3 Å². The average molecular weight is 311 g/mol. The number of amides is 1. The zero-order valence-electron chi connectivity index (χ0n) is 12.1. The van der Waals surface area contributed by atoms with Crippen LogP contribution in [0, 0.1) is 6.92 Å². The summed E-state index contributed by atoms with van der Waals surface area (Å²) in [6, 6.07) is 0. The van der Waals surface area contributed by atoms with Crippen LogP contribution in [-0.4, -0.2) is 46.2 Å². The van der Waals surface area contributed by atoms with Crippen LogP contribution in [0.5, 0.6) is 0 Å². The minimum Gasteiger partial charge on any atom is -0.349 e. The molecule has 0 radical (unpaired) electrons. The Labute approximate surface area is 124 Å². The number of fused-ring (bicyclic) bond motifs is 1. The van der Waals surface area contributed by atoms with E-state index < -0.39 is 12.7 Å². The van der Waals surface area contributed by atoms with Gasteiger partial charge >= 0.3 is 6.61 Å². The molecule has 2 aromatic rings. The molecule has 0 atom stereocenters. The van der Waals surface area contributed by atoms with Gasteiger partial charge in [0.1, 0.15) is 0 Å². The summed E-state index contributed by atoms with van der Waals surface area (Å²) in [6.07, 6.45) is 2.53. The predicted octanol–water partition coefficient (Wildman–Crippen LogP) is 1.24. The number of hydrogen-bond acceptors (Lipinski definition) is 3. The zero-order valence-corrected chi connectivity index (χ0v) is 12.1. The molecule has 22 heavy (non-hydrogen) atoms. The van der Waals surface area contributed by atoms with Crippen LogP contribution in [0.2, 0.25) is 0 Å². The number of aryl methyl sites for hydroxylation is 2. The molecule has 1 N–H and O–H groups in total. The molecule has 1 saturated heterocycles. The molecule has 3 rings (SSSR count). The first-order valence-electron chi connectivity index (χ1n) is 6.78. The number of aromatic amines is 1. The summed E-state index contributed by atoms with van der Waals surface area (Å²) in [7, 11) is 1.75. The lowest BCUT2D eigenvalue weighted by Crippen LogP contribution is -2.55. The highest BCUT2D eigenvalue weighted by Crippen LogP contribution is 2.24. The van der Waals surface area contributed by atoms with Gasteiger partial charge in [-0.25, -0.2) is 0 Å². The Morgan fingerprint density at radius 3 is 2.77 bits per heavy atom. The van der Waals surface area contributed by atoms with Gasteiger partial charge in [-0.2, -0.15) is 8.78 Å². The predicted molar refractivity (Wildman–Crippen MR) is 75.1 cm³/mol. The molecule has 1 aliphatic rings. The topological polar surface area (TPSA) is 67.3 Å². The molecule has 1 fully saturated rings. The van der Waals surface area contributed by atoms with Gasteiger partial charge in [-0.15, -0.1) is 0 Å². The average Bonchev–Trinajstić information content (AvgIpc) is 2.76. The summed E-state index contributed by atoms with van der Waals surface area (Å²) in [4.78, 5) is 28.5. The maximum absolute atomic E-state index is 12.5. The van der Waals surface area contributed by atoms with Crippen molar-refractivity contribution in [2.24, 2.45) is 7.05 Å². The van der Waals surface area contributed by atoms with Crippen LogP contribution in [0.1, 0.15) is 15.9 Å². The van der Waals surface area contributed by atoms with Gasteiger partial charge in [0.05, 0.1) is 22.6 Å². The van der Waals surface area contributed by atoms with E-state index in [1.54, 1.807) is 24.0 Å². The Bertz CT molecular complexity index is 790. The third kappa shape index (κ3) is 2.29. The number of ether oxygens (including phenoxy) is 1. The van der Waals surface area contributed by atoms with Crippen LogP contribution in [0.4, 0.5) is 8.78 Å². The molecule has 0 unspecified atom stereocenters. The molecule has 0 aromatic carbocycles. The van der Waals surface area contributed by atoms with Gasteiger partial charge < -0.3 is 19.2 Å². The summed E-state index contributed by atoms with van der Waals surface area (Å²) in [5.41, 5.74) is 1.47. The molecule has 1 amide bonds. The van der Waals surface area contributed by atoms with Gasteiger partial charge in [0.2, 0.25) is 0 Å². The SMILES string of the molecule is Cc1c[nH]c(=O)c2c(C(=O)N3CC(OC(F)F)C3)cn(C)c12. The highest BCUT2D eigenvalue weighted by molar-refractivity contribution is 6.07. The van der Waals surface area contributed by atoms with E-state index in [-0.39, 0.29) is 30.1 Å². The number of halogens is 2. The Morgan fingerprint density at radius 2 is 2.14 bits per heavy atom. The summed E-state index contributed by atoms with van der Waals surface area (Å²) >= 11 is 0. The number of pyridine rings is 1. The first-order chi connectivity index (χ1) is 10.4. The van der Waals surface area contributed by atoms with Crippen LogP contribution in [-0.2, 0) is 11.8 Å². The van der Waals surface area contributed by atoms with E-state index in [1.165, 1.54) is 4.90 Å². The van der Waals surface area contributed by atoms with Crippen LogP contribution >= 0.6 is 0 Å². The van der Waals surface area contributed by atoms with Gasteiger partial charge in [-0.1, -0.05) is 0 Å². The number of likely N-dealkylation sites (tertiary alicyclic amines) is 1. The number of hydrogen-bond donors (Lipinski definition) is 1. The number of aromatic nitrogens is 2. The fourth-order valence-electron chi connectivity index (χ4n) is 2.81. The standard InChI is InChI=1S/C14H15F2N3O3/c1-7-3-17-12(20)10-9(6-18(2)11(7)10)13(21)19-4-8(5-19)22-14(15)16/h3,6,8,14H,4-5H2,1-2H3,(H,17,20). The molecule has 1 aliphatic heterocycles. The molecule has 0 spiro atoms. The van der Waals surface area contributed by atoms with Crippen LogP contribution < -0.4 is 5.56 Å². The number of carbonyl (C=O) groups excluding carboxylic acids is 1. The summed E-state index contributed by atoms with van der Waals surface area (Å²) < 4.78 is 30.2. The fourth-order valence-corrected chi connectivity index (χ4v) is 2.81. The van der Waals surface area contributed by atoms with Gasteiger partial charge in [0, 0.05) is 32.5 Å². The smallest absolute Gasteiger partial charge is 0.345 e. The van der Waals surface area contributed by atoms with E-state index in [1.807, 2.05) is 6.92 Å². The number of alkyl halides is 2. The van der Waals surface area contributed by atoms with E-state index >= 15 is 0 Å². The van der Waals surface area contributed by atoms with Crippen molar-refractivity contribution in [1.82, 2.24) is 14.5 Å². The fraction of sp³-hybridized carbons (Fsp3) is 0.429. The molecular weight excluding hydrogens is 296 g/mol. The van der Waals surface area contributed by atoms with Crippen molar-refractivity contribution in [3.8, 4) is 0 Å². The molecule has 3 heterocycles. The maximum atomic E-state index is 12.5. The molecule has 8 heteroatoms. The van der Waals surface area contributed by atoms with Gasteiger partial charge in [0.15, 0.2) is 0 Å². The van der Waals surface area contributed by atoms with Crippen molar-refractivity contribution in [2.45, 2.75) is 19.6 Å². The number of carbonyl (C=O) groups is 1. The van der Waals surface area contributed by atoms with Crippen molar-refractivity contribution in [2.75, 3.05) is 13.1 Å². The maximum Gasteiger partial charge on any atom is 0.345 e. The lowest BCUT2D eigenvalue weighted by atomic mass is 10.1. The van der Waals surface area contributed by atoms with Crippen molar-refractivity contribution in [3.63, 3.8) is 0 Å². The highest BCUT2D eigenvalue weighted by atomic mass is 19.3. The summed E-state index contributed by atoms with van der Waals surface area (Å²) in [6.45, 7) is -0.805. The third-order valence-electron chi connectivity index (χ3n) is 3.86. The quantitative estimate of drug-likeness (QED) is 0.927. The summed E-state index contributed by atoms with van der Waals surface area (Å²) in [5.74, 6) is -0.351. The molecular formula is C14H15F2N3O3. The largest absolute Gasteiger partial charge is 0.349 e. The molecule has 2 aromatic heterocycles. The Hall–Kier alpha value is -2.22. The number of rotatable bonds is 3. The second kappa shape index (κ2) is 5.20. The first kappa shape index (κ1) is 14.7. The highest BCUT2D eigenvalue weighted by Gasteiger charge is 2.35. The van der Waals surface area contributed by atoms with Crippen LogP contribution in [0.15, 0.2) is 17.2 Å². The Morgan fingerprint density at radius 1 is 1.45 bits per heavy atom. The van der Waals surface area contributed by atoms with E-state index in [4.69, 9.17) is 0 Å². The zero-order chi connectivity index (χ0) is 16.0. The molecule has 0 aliphatic carbocycles. The molecule has 0 saturated carbocycles. The van der Waals surface area contributed by atoms with Crippen LogP contribution in [0.3, 0.4) is 0 Å². The number of nitrogens with one attached hydrogen (secondary N) is 1. The lowest BCUT2D eigenvalue weighted by molar-refractivity contribution is -0.189. The number of H-pyrrole nitrogens is 1. The summed E-state index contributed by atoms with van der Waals surface area (Å²) in [5, 5.41) is 0.325. The second-order valence-corrected chi connectivity index (χ2v) is 5.41. The molecule has 0 bridgehead atoms. The molecule has 118 valence electrons. The van der Waals surface area contributed by atoms with Crippen molar-refractivity contribution >= 4 is 16.8 Å². The van der Waals surface area contributed by atoms with Crippen LogP contribution in [0.25, 0.3) is 10.9 Å². The number of nitrogens with zero attached hydrogens (tertiary/aromatic N) is 2. The van der Waals surface area contributed by atoms with E-state index in [0.29, 0.717) is 10.9 Å². The Balaban J connectivity index is 1.90. The second-order valence-electron chi connectivity index (χ2n) is 5.41. The monoisotopic (exact) mass is 311 g/mol. The lowest BCUT2D eigenvalue weighted by Gasteiger charge is -2.38.